The summed E-state index contributed by atoms with van der Waals surface area (Å²) < 4.78 is 0. The Morgan fingerprint density at radius 1 is 1.16 bits per heavy atom. The molecule has 0 aromatic carbocycles. The molecule has 2 aromatic heterocycles. The van der Waals surface area contributed by atoms with Gasteiger partial charge in [-0.1, -0.05) is 12.1 Å². The lowest BCUT2D eigenvalue weighted by Gasteiger charge is -2.17. The van der Waals surface area contributed by atoms with Crippen molar-refractivity contribution in [1.82, 2.24) is 20.6 Å². The molecule has 0 aliphatic carbocycles. The van der Waals surface area contributed by atoms with Gasteiger partial charge < -0.3 is 21.1 Å². The number of aliphatic carboxylic acids is 1. The van der Waals surface area contributed by atoms with Crippen LogP contribution in [-0.4, -0.2) is 52.0 Å². The topological polar surface area (TPSA) is 133 Å². The predicted octanol–water partition coefficient (Wildman–Crippen LogP) is 1.94. The van der Waals surface area contributed by atoms with Crippen LogP contribution in [0, 0.1) is 0 Å². The van der Waals surface area contributed by atoms with Gasteiger partial charge in [0, 0.05) is 31.4 Å². The summed E-state index contributed by atoms with van der Waals surface area (Å²) in [6.45, 7) is 1.12. The van der Waals surface area contributed by atoms with Crippen molar-refractivity contribution in [3.8, 4) is 0 Å². The average molecular weight is 440 g/mol. The first-order valence-electron chi connectivity index (χ1n) is 11.0. The van der Waals surface area contributed by atoms with Crippen molar-refractivity contribution in [2.45, 2.75) is 51.0 Å². The quantitative estimate of drug-likeness (QED) is 0.393. The number of hydrogen-bond donors (Lipinski definition) is 4. The van der Waals surface area contributed by atoms with Crippen LogP contribution in [0.25, 0.3) is 0 Å². The van der Waals surface area contributed by atoms with E-state index in [1.54, 1.807) is 12.1 Å². The maximum atomic E-state index is 12.1. The van der Waals surface area contributed by atoms with Gasteiger partial charge in [0.2, 0.25) is 5.91 Å². The lowest BCUT2D eigenvalue weighted by Crippen LogP contribution is -2.43. The van der Waals surface area contributed by atoms with Gasteiger partial charge in [0.05, 0.1) is 0 Å². The summed E-state index contributed by atoms with van der Waals surface area (Å²) >= 11 is 0. The van der Waals surface area contributed by atoms with Gasteiger partial charge in [0.25, 0.3) is 5.91 Å². The Bertz CT molecular complexity index is 935. The summed E-state index contributed by atoms with van der Waals surface area (Å²) in [4.78, 5) is 44.1. The van der Waals surface area contributed by atoms with Crippen molar-refractivity contribution >= 4 is 23.6 Å². The molecule has 2 amide bonds. The summed E-state index contributed by atoms with van der Waals surface area (Å²) in [6, 6.07) is 7.90. The second-order valence-corrected chi connectivity index (χ2v) is 7.77. The zero-order valence-corrected chi connectivity index (χ0v) is 18.0. The highest BCUT2D eigenvalue weighted by atomic mass is 16.4. The number of unbranched alkanes of at least 4 members (excludes halogenated alkanes) is 1. The number of nitrogens with one attached hydrogen (secondary N) is 3. The van der Waals surface area contributed by atoms with Crippen molar-refractivity contribution in [2.24, 2.45) is 0 Å². The van der Waals surface area contributed by atoms with Crippen LogP contribution >= 0.6 is 0 Å². The molecule has 9 heteroatoms. The van der Waals surface area contributed by atoms with E-state index < -0.39 is 17.9 Å². The maximum absolute atomic E-state index is 12.1. The fourth-order valence-corrected chi connectivity index (χ4v) is 3.53. The molecule has 3 heterocycles. The van der Waals surface area contributed by atoms with E-state index in [1.807, 2.05) is 0 Å². The van der Waals surface area contributed by atoms with E-state index in [0.29, 0.717) is 6.42 Å². The molecule has 0 saturated carbocycles. The molecule has 0 fully saturated rings. The lowest BCUT2D eigenvalue weighted by atomic mass is 10.1. The third-order valence-corrected chi connectivity index (χ3v) is 5.29. The number of hydrogen-bond acceptors (Lipinski definition) is 6. The first-order valence-corrected chi connectivity index (χ1v) is 11.0. The van der Waals surface area contributed by atoms with Gasteiger partial charge in [-0.25, -0.2) is 9.78 Å². The largest absolute Gasteiger partial charge is 0.480 e. The molecule has 9 nitrogen and oxygen atoms in total. The molecule has 170 valence electrons. The molecule has 1 unspecified atom stereocenters. The number of aromatic nitrogens is 2. The van der Waals surface area contributed by atoms with Crippen molar-refractivity contribution in [1.29, 1.82) is 0 Å². The van der Waals surface area contributed by atoms with Gasteiger partial charge in [-0.15, -0.1) is 0 Å². The van der Waals surface area contributed by atoms with Gasteiger partial charge in [-0.2, -0.15) is 0 Å². The van der Waals surface area contributed by atoms with Crippen LogP contribution in [-0.2, 0) is 22.4 Å². The first-order chi connectivity index (χ1) is 15.5. The van der Waals surface area contributed by atoms with Crippen LogP contribution in [0.15, 0.2) is 36.5 Å². The van der Waals surface area contributed by atoms with Crippen LogP contribution in [0.1, 0.15) is 53.8 Å². The predicted molar refractivity (Wildman–Crippen MR) is 119 cm³/mol. The van der Waals surface area contributed by atoms with E-state index in [1.165, 1.54) is 17.8 Å². The van der Waals surface area contributed by atoms with Crippen LogP contribution in [0.2, 0.25) is 0 Å². The number of nitrogens with zero attached hydrogens (tertiary/aromatic N) is 2. The maximum Gasteiger partial charge on any atom is 0.326 e. The molecule has 3 rings (SSSR count). The molecular formula is C23H29N5O4. The van der Waals surface area contributed by atoms with Gasteiger partial charge in [0.15, 0.2) is 0 Å². The number of pyridine rings is 2. The van der Waals surface area contributed by atoms with Gasteiger partial charge in [-0.05, 0) is 62.3 Å². The highest BCUT2D eigenvalue weighted by Gasteiger charge is 2.21. The first kappa shape index (κ1) is 23.2. The van der Waals surface area contributed by atoms with Crippen molar-refractivity contribution < 1.29 is 19.5 Å². The number of anilines is 1. The lowest BCUT2D eigenvalue weighted by molar-refractivity contribution is -0.139. The van der Waals surface area contributed by atoms with Gasteiger partial charge in [0.1, 0.15) is 17.6 Å². The van der Waals surface area contributed by atoms with Crippen molar-refractivity contribution in [3.05, 3.63) is 53.5 Å². The third kappa shape index (κ3) is 7.04. The van der Waals surface area contributed by atoms with Gasteiger partial charge >= 0.3 is 5.97 Å². The van der Waals surface area contributed by atoms with Crippen LogP contribution in [0.4, 0.5) is 5.82 Å². The number of amides is 2. The Morgan fingerprint density at radius 2 is 2.03 bits per heavy atom. The molecule has 0 spiro atoms. The summed E-state index contributed by atoms with van der Waals surface area (Å²) in [6.07, 6.45) is 6.48. The van der Waals surface area contributed by atoms with Gasteiger partial charge in [-0.3, -0.25) is 14.6 Å². The highest BCUT2D eigenvalue weighted by molar-refractivity contribution is 5.94. The van der Waals surface area contributed by atoms with E-state index >= 15 is 0 Å². The summed E-state index contributed by atoms with van der Waals surface area (Å²) in [5, 5.41) is 17.8. The van der Waals surface area contributed by atoms with E-state index in [9.17, 15) is 19.5 Å². The molecule has 1 aliphatic heterocycles. The average Bonchev–Trinajstić information content (AvgIpc) is 2.81. The Hall–Kier alpha value is -3.49. The zero-order valence-electron chi connectivity index (χ0n) is 18.0. The normalized spacial score (nSPS) is 13.4. The Balaban J connectivity index is 1.33. The minimum Gasteiger partial charge on any atom is -0.480 e. The van der Waals surface area contributed by atoms with E-state index in [0.717, 1.165) is 50.2 Å². The molecule has 2 aromatic rings. The van der Waals surface area contributed by atoms with Crippen LogP contribution < -0.4 is 16.0 Å². The summed E-state index contributed by atoms with van der Waals surface area (Å²) in [7, 11) is 0. The van der Waals surface area contributed by atoms with Crippen molar-refractivity contribution in [2.75, 3.05) is 18.4 Å². The Morgan fingerprint density at radius 3 is 2.81 bits per heavy atom. The SMILES string of the molecule is O=C(CCCCc1ccc2c(n1)NCCC2)NCCC(NC(=O)c1ccccn1)C(=O)O. The Kier molecular flexibility index (Phi) is 8.53. The number of aryl methyl sites for hydroxylation is 2. The molecule has 1 atom stereocenters. The monoisotopic (exact) mass is 439 g/mol. The smallest absolute Gasteiger partial charge is 0.326 e. The number of carboxylic acid groups (broad SMARTS) is 1. The highest BCUT2D eigenvalue weighted by Crippen LogP contribution is 2.20. The zero-order chi connectivity index (χ0) is 22.8. The molecular weight excluding hydrogens is 410 g/mol. The number of carboxylic acids is 1. The molecule has 4 N–H and O–H groups in total. The minimum absolute atomic E-state index is 0.0890. The van der Waals surface area contributed by atoms with E-state index in [2.05, 4.69) is 38.1 Å². The molecule has 0 saturated heterocycles. The molecule has 0 radical (unpaired) electrons. The number of carbonyl (C=O) groups excluding carboxylic acids is 2. The van der Waals surface area contributed by atoms with E-state index in [-0.39, 0.29) is 24.6 Å². The fraction of sp³-hybridized carbons (Fsp3) is 0.435. The molecule has 0 bridgehead atoms. The third-order valence-electron chi connectivity index (χ3n) is 5.29. The number of carbonyl (C=O) groups is 3. The molecule has 32 heavy (non-hydrogen) atoms. The summed E-state index contributed by atoms with van der Waals surface area (Å²) in [5.74, 6) is -0.870. The number of rotatable bonds is 11. The second-order valence-electron chi connectivity index (χ2n) is 7.77. The second kappa shape index (κ2) is 11.8. The fourth-order valence-electron chi connectivity index (χ4n) is 3.53. The van der Waals surface area contributed by atoms with Crippen molar-refractivity contribution in [3.63, 3.8) is 0 Å². The van der Waals surface area contributed by atoms with Crippen LogP contribution in [0.5, 0.6) is 0 Å². The van der Waals surface area contributed by atoms with E-state index in [4.69, 9.17) is 0 Å². The molecule has 1 aliphatic rings. The Labute approximate surface area is 187 Å². The van der Waals surface area contributed by atoms with Crippen LogP contribution in [0.3, 0.4) is 0 Å². The minimum atomic E-state index is -1.16. The summed E-state index contributed by atoms with van der Waals surface area (Å²) in [5.41, 5.74) is 2.42. The standard InChI is InChI=1S/C23H29N5O4/c29-20(9-2-1-7-17-11-10-16-6-5-14-26-21(16)27-17)25-15-12-19(23(31)32)28-22(30)18-8-3-4-13-24-18/h3-4,8,10-11,13,19H,1-2,5-7,9,12,14-15H2,(H,25,29)(H,26,27)(H,28,30)(H,31,32). The number of fused-ring (bicyclic) bond motifs is 1.